The Morgan fingerprint density at radius 1 is 1.22 bits per heavy atom. The van der Waals surface area contributed by atoms with Crippen molar-refractivity contribution in [3.63, 3.8) is 0 Å². The number of nitro groups is 1. The number of nitrogens with zero attached hydrogens (tertiary/aromatic N) is 2. The average Bonchev–Trinajstić information content (AvgIpc) is 2.81. The molecule has 1 fully saturated rings. The van der Waals surface area contributed by atoms with Crippen molar-refractivity contribution in [1.82, 2.24) is 10.2 Å². The molecule has 0 aromatic heterocycles. The summed E-state index contributed by atoms with van der Waals surface area (Å²) in [5.41, 5.74) is 1.61. The summed E-state index contributed by atoms with van der Waals surface area (Å²) in [6.07, 6.45) is 2.58. The van der Waals surface area contributed by atoms with E-state index in [1.165, 1.54) is 12.1 Å². The smallest absolute Gasteiger partial charge is 0.269 e. The van der Waals surface area contributed by atoms with Crippen LogP contribution < -0.4 is 10.1 Å². The van der Waals surface area contributed by atoms with Crippen LogP contribution in [0, 0.1) is 16.0 Å². The molecule has 8 nitrogen and oxygen atoms in total. The third-order valence-electron chi connectivity index (χ3n) is 5.87. The molecule has 2 aromatic carbocycles. The number of methoxy groups -OCH3 is 1. The van der Waals surface area contributed by atoms with Crippen LogP contribution in [0.15, 0.2) is 48.5 Å². The first-order valence-corrected chi connectivity index (χ1v) is 10.9. The quantitative estimate of drug-likeness (QED) is 0.470. The first kappa shape index (κ1) is 23.2. The van der Waals surface area contributed by atoms with Crippen LogP contribution in [0.2, 0.25) is 0 Å². The van der Waals surface area contributed by atoms with E-state index in [4.69, 9.17) is 4.74 Å². The molecular formula is C24H29N3O5. The monoisotopic (exact) mass is 439 g/mol. The molecule has 0 spiro atoms. The number of unbranched alkanes of at least 4 members (excludes halogenated alkanes) is 1. The summed E-state index contributed by atoms with van der Waals surface area (Å²) in [6, 6.07) is 13.2. The zero-order valence-electron chi connectivity index (χ0n) is 18.5. The molecule has 2 aromatic rings. The van der Waals surface area contributed by atoms with Crippen molar-refractivity contribution in [3.8, 4) is 5.75 Å². The number of nitrogens with one attached hydrogen (secondary N) is 1. The number of carbonyl (C=O) groups excluding carboxylic acids is 2. The minimum Gasteiger partial charge on any atom is -0.496 e. The normalized spacial score (nSPS) is 18.3. The van der Waals surface area contributed by atoms with Gasteiger partial charge in [-0.15, -0.1) is 0 Å². The van der Waals surface area contributed by atoms with Crippen LogP contribution in [0.25, 0.3) is 0 Å². The standard InChI is InChI=1S/C24H29N3O5/c1-3-4-15-26-22(28)14-13-20(23(26)19-7-5-6-8-21(19)32-2)24(29)25-16-17-9-11-18(12-10-17)27(30)31/h5-12,20,23H,3-4,13-16H2,1-2H3,(H,25,29). The largest absolute Gasteiger partial charge is 0.496 e. The molecule has 1 saturated heterocycles. The Balaban J connectivity index is 1.83. The summed E-state index contributed by atoms with van der Waals surface area (Å²) in [5.74, 6) is 0.141. The van der Waals surface area contributed by atoms with Crippen molar-refractivity contribution >= 4 is 17.5 Å². The Morgan fingerprint density at radius 3 is 2.59 bits per heavy atom. The van der Waals surface area contributed by atoms with Crippen LogP contribution in [-0.2, 0) is 16.1 Å². The maximum Gasteiger partial charge on any atom is 0.269 e. The number of hydrogen-bond donors (Lipinski definition) is 1. The second-order valence-electron chi connectivity index (χ2n) is 7.91. The highest BCUT2D eigenvalue weighted by Gasteiger charge is 2.41. The zero-order valence-corrected chi connectivity index (χ0v) is 18.5. The fourth-order valence-corrected chi connectivity index (χ4v) is 4.17. The molecule has 3 rings (SSSR count). The SMILES string of the molecule is CCCCN1C(=O)CCC(C(=O)NCc2ccc([N+](=O)[O-])cc2)C1c1ccccc1OC. The third-order valence-corrected chi connectivity index (χ3v) is 5.87. The molecule has 2 unspecified atom stereocenters. The number of piperidine rings is 1. The van der Waals surface area contributed by atoms with Crippen LogP contribution in [0.1, 0.15) is 49.8 Å². The molecule has 1 N–H and O–H groups in total. The van der Waals surface area contributed by atoms with Crippen molar-refractivity contribution in [2.24, 2.45) is 5.92 Å². The van der Waals surface area contributed by atoms with Crippen molar-refractivity contribution < 1.29 is 19.2 Å². The molecule has 8 heteroatoms. The van der Waals surface area contributed by atoms with E-state index in [2.05, 4.69) is 12.2 Å². The van der Waals surface area contributed by atoms with Crippen LogP contribution in [0.4, 0.5) is 5.69 Å². The number of carbonyl (C=O) groups is 2. The van der Waals surface area contributed by atoms with Gasteiger partial charge < -0.3 is 15.0 Å². The number of benzene rings is 2. The number of para-hydroxylation sites is 1. The van der Waals surface area contributed by atoms with Gasteiger partial charge in [-0.3, -0.25) is 19.7 Å². The third kappa shape index (κ3) is 5.25. The van der Waals surface area contributed by atoms with Gasteiger partial charge >= 0.3 is 0 Å². The number of rotatable bonds is 9. The van der Waals surface area contributed by atoms with Gasteiger partial charge in [-0.05, 0) is 24.5 Å². The molecular weight excluding hydrogens is 410 g/mol. The van der Waals surface area contributed by atoms with Crippen molar-refractivity contribution in [3.05, 3.63) is 69.8 Å². The maximum atomic E-state index is 13.3. The summed E-state index contributed by atoms with van der Waals surface area (Å²) in [5, 5.41) is 13.8. The number of ether oxygens (including phenoxy) is 1. The highest BCUT2D eigenvalue weighted by Crippen LogP contribution is 2.40. The van der Waals surface area contributed by atoms with Crippen LogP contribution in [0.3, 0.4) is 0 Å². The highest BCUT2D eigenvalue weighted by molar-refractivity contribution is 5.85. The van der Waals surface area contributed by atoms with Crippen LogP contribution in [0.5, 0.6) is 5.75 Å². The van der Waals surface area contributed by atoms with Gasteiger partial charge in [0.25, 0.3) is 5.69 Å². The maximum absolute atomic E-state index is 13.3. The lowest BCUT2D eigenvalue weighted by Crippen LogP contribution is -2.48. The Labute approximate surface area is 187 Å². The van der Waals surface area contributed by atoms with E-state index in [0.717, 1.165) is 24.0 Å². The lowest BCUT2D eigenvalue weighted by molar-refractivity contribution is -0.384. The molecule has 1 aliphatic rings. The second-order valence-corrected chi connectivity index (χ2v) is 7.91. The van der Waals surface area contributed by atoms with Gasteiger partial charge in [-0.25, -0.2) is 0 Å². The van der Waals surface area contributed by atoms with Gasteiger partial charge in [0, 0.05) is 37.2 Å². The van der Waals surface area contributed by atoms with Gasteiger partial charge in [0.1, 0.15) is 5.75 Å². The number of amides is 2. The zero-order chi connectivity index (χ0) is 23.1. The first-order chi connectivity index (χ1) is 15.5. The Kier molecular flexibility index (Phi) is 7.81. The average molecular weight is 440 g/mol. The summed E-state index contributed by atoms with van der Waals surface area (Å²) < 4.78 is 5.55. The molecule has 0 bridgehead atoms. The van der Waals surface area contributed by atoms with Crippen LogP contribution in [-0.4, -0.2) is 35.3 Å². The predicted octanol–water partition coefficient (Wildman–Crippen LogP) is 4.00. The molecule has 32 heavy (non-hydrogen) atoms. The van der Waals surface area contributed by atoms with Gasteiger partial charge in [-0.1, -0.05) is 43.7 Å². The summed E-state index contributed by atoms with van der Waals surface area (Å²) >= 11 is 0. The fourth-order valence-electron chi connectivity index (χ4n) is 4.17. The number of nitro benzene ring substituents is 1. The highest BCUT2D eigenvalue weighted by atomic mass is 16.6. The minimum absolute atomic E-state index is 0.00803. The Hall–Kier alpha value is -3.42. The van der Waals surface area contributed by atoms with E-state index in [9.17, 15) is 19.7 Å². The number of non-ortho nitro benzene ring substituents is 1. The second kappa shape index (κ2) is 10.7. The van der Waals surface area contributed by atoms with Gasteiger partial charge in [-0.2, -0.15) is 0 Å². The van der Waals surface area contributed by atoms with E-state index < -0.39 is 16.9 Å². The van der Waals surface area contributed by atoms with E-state index >= 15 is 0 Å². The molecule has 170 valence electrons. The lowest BCUT2D eigenvalue weighted by atomic mass is 9.83. The van der Waals surface area contributed by atoms with Crippen molar-refractivity contribution in [2.45, 2.75) is 45.2 Å². The predicted molar refractivity (Wildman–Crippen MR) is 120 cm³/mol. The van der Waals surface area contributed by atoms with Crippen molar-refractivity contribution in [1.29, 1.82) is 0 Å². The molecule has 2 amide bonds. The fraction of sp³-hybridized carbons (Fsp3) is 0.417. The first-order valence-electron chi connectivity index (χ1n) is 10.9. The molecule has 2 atom stereocenters. The van der Waals surface area contributed by atoms with E-state index in [0.29, 0.717) is 25.1 Å². The summed E-state index contributed by atoms with van der Waals surface area (Å²) in [6.45, 7) is 2.92. The topological polar surface area (TPSA) is 102 Å². The summed E-state index contributed by atoms with van der Waals surface area (Å²) in [7, 11) is 1.59. The Morgan fingerprint density at radius 2 is 1.94 bits per heavy atom. The van der Waals surface area contributed by atoms with Crippen LogP contribution >= 0.6 is 0 Å². The van der Waals surface area contributed by atoms with Gasteiger partial charge in [0.05, 0.1) is 24.0 Å². The van der Waals surface area contributed by atoms with Crippen molar-refractivity contribution in [2.75, 3.05) is 13.7 Å². The van der Waals surface area contributed by atoms with E-state index in [1.54, 1.807) is 19.2 Å². The number of hydrogen-bond acceptors (Lipinski definition) is 5. The molecule has 1 aliphatic heterocycles. The molecule has 0 aliphatic carbocycles. The molecule has 0 radical (unpaired) electrons. The van der Waals surface area contributed by atoms with Gasteiger partial charge in [0.2, 0.25) is 11.8 Å². The summed E-state index contributed by atoms with van der Waals surface area (Å²) in [4.78, 5) is 38.3. The molecule has 1 heterocycles. The molecule has 0 saturated carbocycles. The lowest BCUT2D eigenvalue weighted by Gasteiger charge is -2.41. The Bertz CT molecular complexity index is 960. The van der Waals surface area contributed by atoms with Gasteiger partial charge in [0.15, 0.2) is 0 Å². The van der Waals surface area contributed by atoms with E-state index in [1.807, 2.05) is 29.2 Å². The number of likely N-dealkylation sites (tertiary alicyclic amines) is 1. The van der Waals surface area contributed by atoms with E-state index in [-0.39, 0.29) is 24.0 Å². The minimum atomic E-state index is -0.454.